The van der Waals surface area contributed by atoms with Crippen molar-refractivity contribution in [1.82, 2.24) is 15.3 Å². The van der Waals surface area contributed by atoms with E-state index in [1.165, 1.54) is 0 Å². The SMILES string of the molecule is CCc1nc(C)cc(NCC(=O)NC(C)C)n1. The van der Waals surface area contributed by atoms with Crippen LogP contribution in [0.4, 0.5) is 5.82 Å². The highest BCUT2D eigenvalue weighted by Gasteiger charge is 2.05. The van der Waals surface area contributed by atoms with E-state index in [4.69, 9.17) is 0 Å². The first-order valence-electron chi connectivity index (χ1n) is 5.89. The van der Waals surface area contributed by atoms with Crippen LogP contribution in [0, 0.1) is 6.92 Å². The van der Waals surface area contributed by atoms with Crippen LogP contribution in [0.15, 0.2) is 6.07 Å². The zero-order valence-corrected chi connectivity index (χ0v) is 10.9. The van der Waals surface area contributed by atoms with Crippen LogP contribution >= 0.6 is 0 Å². The van der Waals surface area contributed by atoms with Gasteiger partial charge in [0.2, 0.25) is 5.91 Å². The fraction of sp³-hybridized carbons (Fsp3) is 0.583. The third kappa shape index (κ3) is 4.80. The lowest BCUT2D eigenvalue weighted by atomic mass is 10.3. The van der Waals surface area contributed by atoms with Gasteiger partial charge in [-0.2, -0.15) is 0 Å². The second-order valence-electron chi connectivity index (χ2n) is 4.24. The number of anilines is 1. The van der Waals surface area contributed by atoms with Gasteiger partial charge in [0.25, 0.3) is 0 Å². The van der Waals surface area contributed by atoms with E-state index in [-0.39, 0.29) is 18.5 Å². The Kier molecular flexibility index (Phi) is 4.87. The summed E-state index contributed by atoms with van der Waals surface area (Å²) in [5.41, 5.74) is 0.906. The van der Waals surface area contributed by atoms with Gasteiger partial charge in [-0.3, -0.25) is 4.79 Å². The summed E-state index contributed by atoms with van der Waals surface area (Å²) in [6, 6.07) is 1.99. The summed E-state index contributed by atoms with van der Waals surface area (Å²) in [6.45, 7) is 8.02. The molecule has 0 aliphatic heterocycles. The van der Waals surface area contributed by atoms with Gasteiger partial charge in [0.05, 0.1) is 6.54 Å². The van der Waals surface area contributed by atoms with Crippen LogP contribution in [0.2, 0.25) is 0 Å². The summed E-state index contributed by atoms with van der Waals surface area (Å²) in [6.07, 6.45) is 0.786. The number of amides is 1. The smallest absolute Gasteiger partial charge is 0.239 e. The van der Waals surface area contributed by atoms with E-state index < -0.39 is 0 Å². The van der Waals surface area contributed by atoms with Gasteiger partial charge in [0.1, 0.15) is 11.6 Å². The van der Waals surface area contributed by atoms with E-state index in [9.17, 15) is 4.79 Å². The molecule has 0 spiro atoms. The van der Waals surface area contributed by atoms with Crippen molar-refractivity contribution in [2.45, 2.75) is 40.2 Å². The van der Waals surface area contributed by atoms with E-state index in [0.717, 1.165) is 17.9 Å². The molecule has 1 aromatic heterocycles. The summed E-state index contributed by atoms with van der Waals surface area (Å²) in [4.78, 5) is 20.0. The Hall–Kier alpha value is -1.65. The van der Waals surface area contributed by atoms with Gasteiger partial charge in [-0.25, -0.2) is 9.97 Å². The summed E-state index contributed by atoms with van der Waals surface area (Å²) in [5, 5.41) is 5.81. The van der Waals surface area contributed by atoms with Gasteiger partial charge in [-0.15, -0.1) is 0 Å². The molecule has 0 radical (unpaired) electrons. The number of rotatable bonds is 5. The van der Waals surface area contributed by atoms with Crippen molar-refractivity contribution in [3.05, 3.63) is 17.6 Å². The fourth-order valence-electron chi connectivity index (χ4n) is 1.42. The number of carbonyl (C=O) groups is 1. The Morgan fingerprint density at radius 3 is 2.71 bits per heavy atom. The third-order valence-electron chi connectivity index (χ3n) is 2.10. The molecule has 1 aromatic rings. The summed E-state index contributed by atoms with van der Waals surface area (Å²) in [5.74, 6) is 1.46. The minimum atomic E-state index is -0.0330. The minimum absolute atomic E-state index is 0.0330. The summed E-state index contributed by atoms with van der Waals surface area (Å²) >= 11 is 0. The number of hydrogen-bond donors (Lipinski definition) is 2. The molecular weight excluding hydrogens is 216 g/mol. The molecule has 5 nitrogen and oxygen atoms in total. The van der Waals surface area contributed by atoms with Crippen LogP contribution in [-0.4, -0.2) is 28.5 Å². The Balaban J connectivity index is 2.57. The first-order valence-corrected chi connectivity index (χ1v) is 5.89. The molecule has 0 saturated carbocycles. The Morgan fingerprint density at radius 2 is 2.12 bits per heavy atom. The Bertz CT molecular complexity index is 390. The molecule has 0 aromatic carbocycles. The normalized spacial score (nSPS) is 10.4. The molecule has 1 heterocycles. The molecule has 0 aliphatic carbocycles. The molecule has 17 heavy (non-hydrogen) atoms. The van der Waals surface area contributed by atoms with Crippen molar-refractivity contribution >= 4 is 11.7 Å². The molecule has 1 amide bonds. The molecule has 2 N–H and O–H groups in total. The van der Waals surface area contributed by atoms with Crippen LogP contribution in [0.25, 0.3) is 0 Å². The zero-order valence-electron chi connectivity index (χ0n) is 10.9. The topological polar surface area (TPSA) is 66.9 Å². The molecular formula is C12H20N4O. The van der Waals surface area contributed by atoms with E-state index in [1.807, 2.05) is 33.8 Å². The van der Waals surface area contributed by atoms with Crippen molar-refractivity contribution < 1.29 is 4.79 Å². The summed E-state index contributed by atoms with van der Waals surface area (Å²) < 4.78 is 0. The number of carbonyl (C=O) groups excluding carboxylic acids is 1. The average molecular weight is 236 g/mol. The quantitative estimate of drug-likeness (QED) is 0.808. The first-order chi connectivity index (χ1) is 8.01. The van der Waals surface area contributed by atoms with E-state index in [2.05, 4.69) is 20.6 Å². The van der Waals surface area contributed by atoms with Crippen LogP contribution in [0.1, 0.15) is 32.3 Å². The second-order valence-corrected chi connectivity index (χ2v) is 4.24. The highest BCUT2D eigenvalue weighted by atomic mass is 16.1. The second kappa shape index (κ2) is 6.18. The maximum Gasteiger partial charge on any atom is 0.239 e. The Morgan fingerprint density at radius 1 is 1.41 bits per heavy atom. The molecule has 0 fully saturated rings. The predicted molar refractivity (Wildman–Crippen MR) is 67.9 cm³/mol. The molecule has 0 aliphatic rings. The predicted octanol–water partition coefficient (Wildman–Crippen LogP) is 1.28. The van der Waals surface area contributed by atoms with Crippen LogP contribution < -0.4 is 10.6 Å². The van der Waals surface area contributed by atoms with Crippen molar-refractivity contribution in [3.63, 3.8) is 0 Å². The number of aryl methyl sites for hydroxylation is 2. The zero-order chi connectivity index (χ0) is 12.8. The van der Waals surface area contributed by atoms with Gasteiger partial charge in [0.15, 0.2) is 0 Å². The van der Waals surface area contributed by atoms with E-state index in [0.29, 0.717) is 5.82 Å². The lowest BCUT2D eigenvalue weighted by molar-refractivity contribution is -0.119. The van der Waals surface area contributed by atoms with Gasteiger partial charge in [-0.05, 0) is 20.8 Å². The highest BCUT2D eigenvalue weighted by molar-refractivity contribution is 5.80. The Labute approximate surface area is 102 Å². The van der Waals surface area contributed by atoms with Crippen LogP contribution in [-0.2, 0) is 11.2 Å². The average Bonchev–Trinajstić information content (AvgIpc) is 2.24. The largest absolute Gasteiger partial charge is 0.361 e. The van der Waals surface area contributed by atoms with Crippen molar-refractivity contribution in [2.24, 2.45) is 0 Å². The fourth-order valence-corrected chi connectivity index (χ4v) is 1.42. The molecule has 0 atom stereocenters. The van der Waals surface area contributed by atoms with E-state index >= 15 is 0 Å². The van der Waals surface area contributed by atoms with Gasteiger partial charge >= 0.3 is 0 Å². The lowest BCUT2D eigenvalue weighted by Crippen LogP contribution is -2.35. The van der Waals surface area contributed by atoms with Crippen molar-refractivity contribution in [1.29, 1.82) is 0 Å². The van der Waals surface area contributed by atoms with Crippen LogP contribution in [0.3, 0.4) is 0 Å². The highest BCUT2D eigenvalue weighted by Crippen LogP contribution is 2.06. The molecule has 0 unspecified atom stereocenters. The van der Waals surface area contributed by atoms with Gasteiger partial charge < -0.3 is 10.6 Å². The third-order valence-corrected chi connectivity index (χ3v) is 2.10. The molecule has 94 valence electrons. The minimum Gasteiger partial charge on any atom is -0.361 e. The molecule has 5 heteroatoms. The van der Waals surface area contributed by atoms with Gasteiger partial charge in [-0.1, -0.05) is 6.92 Å². The number of nitrogens with one attached hydrogen (secondary N) is 2. The van der Waals surface area contributed by atoms with Crippen LogP contribution in [0.5, 0.6) is 0 Å². The summed E-state index contributed by atoms with van der Waals surface area (Å²) in [7, 11) is 0. The maximum atomic E-state index is 11.4. The standard InChI is InChI=1S/C12H20N4O/c1-5-10-15-9(4)6-11(16-10)13-7-12(17)14-8(2)3/h6,8H,5,7H2,1-4H3,(H,14,17)(H,13,15,16). The van der Waals surface area contributed by atoms with Gasteiger partial charge in [0, 0.05) is 24.2 Å². The first kappa shape index (κ1) is 13.4. The van der Waals surface area contributed by atoms with Crippen molar-refractivity contribution in [2.75, 3.05) is 11.9 Å². The number of aromatic nitrogens is 2. The number of hydrogen-bond acceptors (Lipinski definition) is 4. The maximum absolute atomic E-state index is 11.4. The van der Waals surface area contributed by atoms with E-state index in [1.54, 1.807) is 0 Å². The molecule has 0 saturated heterocycles. The monoisotopic (exact) mass is 236 g/mol. The number of nitrogens with zero attached hydrogens (tertiary/aromatic N) is 2. The molecule has 1 rings (SSSR count). The van der Waals surface area contributed by atoms with Crippen molar-refractivity contribution in [3.8, 4) is 0 Å². The molecule has 0 bridgehead atoms. The lowest BCUT2D eigenvalue weighted by Gasteiger charge is -2.10.